The van der Waals surface area contributed by atoms with Crippen LogP contribution in [0.2, 0.25) is 0 Å². The molecule has 9 nitrogen and oxygen atoms in total. The van der Waals surface area contributed by atoms with Gasteiger partial charge in [0.25, 0.3) is 0 Å². The largest absolute Gasteiger partial charge is 0.497 e. The third-order valence-electron chi connectivity index (χ3n) is 7.63. The molecule has 10 heteroatoms. The van der Waals surface area contributed by atoms with E-state index in [0.717, 1.165) is 37.4 Å². The molecule has 1 atom stereocenters. The fourth-order valence-corrected chi connectivity index (χ4v) is 6.90. The molecule has 0 aliphatic carbocycles. The number of methoxy groups -OCH3 is 2. The van der Waals surface area contributed by atoms with Gasteiger partial charge in [-0.3, -0.25) is 14.0 Å². The maximum Gasteiger partial charge on any atom is 0.337 e. The lowest BCUT2D eigenvalue weighted by molar-refractivity contribution is -0.117. The van der Waals surface area contributed by atoms with E-state index in [-0.39, 0.29) is 35.7 Å². The van der Waals surface area contributed by atoms with Crippen LogP contribution in [-0.4, -0.2) is 65.1 Å². The smallest absolute Gasteiger partial charge is 0.337 e. The minimum absolute atomic E-state index is 0.0182. The number of hydrogen-bond acceptors (Lipinski definition) is 7. The van der Waals surface area contributed by atoms with Gasteiger partial charge in [0.15, 0.2) is 0 Å². The van der Waals surface area contributed by atoms with Gasteiger partial charge in [0, 0.05) is 24.7 Å². The van der Waals surface area contributed by atoms with E-state index in [1.807, 2.05) is 49.4 Å². The number of anilines is 2. The van der Waals surface area contributed by atoms with E-state index in [9.17, 15) is 18.0 Å². The van der Waals surface area contributed by atoms with Gasteiger partial charge in [0.05, 0.1) is 31.2 Å². The second-order valence-corrected chi connectivity index (χ2v) is 12.5. The zero-order valence-electron chi connectivity index (χ0n) is 24.4. The Morgan fingerprint density at radius 1 is 0.976 bits per heavy atom. The monoisotopic (exact) mass is 593 g/mol. The Morgan fingerprint density at radius 3 is 2.31 bits per heavy atom. The van der Waals surface area contributed by atoms with Crippen LogP contribution in [-0.2, 0) is 25.3 Å². The first-order valence-electron chi connectivity index (χ1n) is 14.1. The summed E-state index contributed by atoms with van der Waals surface area (Å²) in [5.41, 5.74) is 2.13. The van der Waals surface area contributed by atoms with Crippen LogP contribution in [0.1, 0.15) is 42.1 Å². The highest BCUT2D eigenvalue weighted by Crippen LogP contribution is 2.27. The summed E-state index contributed by atoms with van der Waals surface area (Å²) in [5, 5.41) is 2.96. The summed E-state index contributed by atoms with van der Waals surface area (Å²) in [7, 11) is -0.878. The molecule has 1 aliphatic heterocycles. The van der Waals surface area contributed by atoms with Crippen molar-refractivity contribution in [2.75, 3.05) is 43.5 Å². The van der Waals surface area contributed by atoms with Crippen molar-refractivity contribution in [3.05, 3.63) is 90.0 Å². The predicted molar refractivity (Wildman–Crippen MR) is 164 cm³/mol. The van der Waals surface area contributed by atoms with E-state index in [1.54, 1.807) is 43.5 Å². The Bertz CT molecular complexity index is 1440. The average Bonchev–Trinajstić information content (AvgIpc) is 3.00. The number of hydrogen-bond donors (Lipinski definition) is 1. The number of piperidine rings is 1. The maximum absolute atomic E-state index is 13.8. The van der Waals surface area contributed by atoms with E-state index in [2.05, 4.69) is 10.2 Å². The third-order valence-corrected chi connectivity index (χ3v) is 9.36. The molecule has 0 aromatic heterocycles. The van der Waals surface area contributed by atoms with Crippen molar-refractivity contribution in [1.29, 1.82) is 0 Å². The van der Waals surface area contributed by atoms with Gasteiger partial charge in [0.2, 0.25) is 15.9 Å². The maximum atomic E-state index is 13.8. The summed E-state index contributed by atoms with van der Waals surface area (Å²) in [6.07, 6.45) is 2.12. The fourth-order valence-electron chi connectivity index (χ4n) is 5.25. The molecule has 0 saturated carbocycles. The molecule has 0 spiro atoms. The summed E-state index contributed by atoms with van der Waals surface area (Å²) >= 11 is 0. The molecular weight excluding hydrogens is 554 g/mol. The lowest BCUT2D eigenvalue weighted by Crippen LogP contribution is -2.48. The zero-order chi connectivity index (χ0) is 30.1. The number of carbonyl (C=O) groups excluding carboxylic acids is 2. The number of nitrogens with zero attached hydrogens (tertiary/aromatic N) is 2. The van der Waals surface area contributed by atoms with Crippen LogP contribution in [0.3, 0.4) is 0 Å². The van der Waals surface area contributed by atoms with Gasteiger partial charge < -0.3 is 14.8 Å². The van der Waals surface area contributed by atoms with Crippen molar-refractivity contribution in [2.24, 2.45) is 5.92 Å². The Morgan fingerprint density at radius 2 is 1.67 bits per heavy atom. The van der Waals surface area contributed by atoms with Crippen LogP contribution in [0, 0.1) is 5.92 Å². The molecule has 1 saturated heterocycles. The number of sulfonamides is 1. The van der Waals surface area contributed by atoms with E-state index in [0.29, 0.717) is 17.7 Å². The predicted octanol–water partition coefficient (Wildman–Crippen LogP) is 4.95. The van der Waals surface area contributed by atoms with Crippen molar-refractivity contribution in [3.8, 4) is 5.75 Å². The average molecular weight is 594 g/mol. The first-order valence-corrected chi connectivity index (χ1v) is 15.7. The molecular formula is C32H39N3O6S. The molecule has 1 amide bonds. The third kappa shape index (κ3) is 8.33. The number of likely N-dealkylation sites (tertiary alicyclic amines) is 1. The van der Waals surface area contributed by atoms with Gasteiger partial charge in [-0.1, -0.05) is 36.4 Å². The Labute approximate surface area is 248 Å². The van der Waals surface area contributed by atoms with Crippen LogP contribution in [0.25, 0.3) is 0 Å². The van der Waals surface area contributed by atoms with Crippen molar-refractivity contribution < 1.29 is 27.5 Å². The molecule has 42 heavy (non-hydrogen) atoms. The fraction of sp³-hybridized carbons (Fsp3) is 0.375. The molecule has 224 valence electrons. The molecule has 0 unspecified atom stereocenters. The number of ether oxygens (including phenoxy) is 2. The number of amides is 1. The highest BCUT2D eigenvalue weighted by molar-refractivity contribution is 7.92. The second kappa shape index (κ2) is 14.3. The van der Waals surface area contributed by atoms with Gasteiger partial charge >= 0.3 is 5.97 Å². The number of carbonyl (C=O) groups is 2. The number of benzene rings is 3. The lowest BCUT2D eigenvalue weighted by Gasteiger charge is -2.38. The molecule has 1 heterocycles. The summed E-state index contributed by atoms with van der Waals surface area (Å²) < 4.78 is 39.0. The van der Waals surface area contributed by atoms with Crippen molar-refractivity contribution in [3.63, 3.8) is 0 Å². The Hall–Kier alpha value is -3.89. The van der Waals surface area contributed by atoms with Crippen molar-refractivity contribution in [2.45, 2.75) is 38.0 Å². The second-order valence-electron chi connectivity index (χ2n) is 10.6. The molecule has 0 bridgehead atoms. The summed E-state index contributed by atoms with van der Waals surface area (Å²) in [5.74, 6) is 0.283. The highest BCUT2D eigenvalue weighted by atomic mass is 32.2. The summed E-state index contributed by atoms with van der Waals surface area (Å²) in [6.45, 7) is 3.77. The van der Waals surface area contributed by atoms with Crippen LogP contribution >= 0.6 is 0 Å². The number of nitrogens with one attached hydrogen (secondary N) is 1. The minimum Gasteiger partial charge on any atom is -0.497 e. The lowest BCUT2D eigenvalue weighted by atomic mass is 9.92. The molecule has 3 aromatic rings. The van der Waals surface area contributed by atoms with Gasteiger partial charge in [-0.15, -0.1) is 0 Å². The SMILES string of the molecule is COC(=O)c1cccc(N(C[C@@H](C)N2CCC(CC(=O)Nc3ccc(OC)cc3)CC2)S(=O)(=O)Cc2ccccc2)c1. The molecule has 0 radical (unpaired) electrons. The standard InChI is InChI=1S/C32H39N3O6S/c1-24(34-18-16-25(17-19-34)20-31(36)33-28-12-14-30(40-2)15-13-28)22-35(29-11-7-10-27(21-29)32(37)41-3)42(38,39)23-26-8-5-4-6-9-26/h4-15,21,24-25H,16-20,22-23H2,1-3H3,(H,33,36)/t24-/m1/s1. The summed E-state index contributed by atoms with van der Waals surface area (Å²) in [4.78, 5) is 27.1. The Kier molecular flexibility index (Phi) is 10.6. The molecule has 3 aromatic carbocycles. The van der Waals surface area contributed by atoms with Gasteiger partial charge in [-0.25, -0.2) is 13.2 Å². The number of esters is 1. The van der Waals surface area contributed by atoms with Crippen molar-refractivity contribution >= 4 is 33.3 Å². The van der Waals surface area contributed by atoms with Gasteiger partial charge in [-0.2, -0.15) is 0 Å². The first kappa shape index (κ1) is 31.1. The van der Waals surface area contributed by atoms with Gasteiger partial charge in [0.1, 0.15) is 5.75 Å². The molecule has 1 aliphatic rings. The van der Waals surface area contributed by atoms with Crippen LogP contribution in [0.4, 0.5) is 11.4 Å². The summed E-state index contributed by atoms with van der Waals surface area (Å²) in [6, 6.07) is 22.8. The van der Waals surface area contributed by atoms with Gasteiger partial charge in [-0.05, 0) is 86.8 Å². The highest BCUT2D eigenvalue weighted by Gasteiger charge is 2.30. The number of rotatable bonds is 12. The van der Waals surface area contributed by atoms with Crippen LogP contribution < -0.4 is 14.4 Å². The topological polar surface area (TPSA) is 105 Å². The minimum atomic E-state index is -3.78. The Balaban J connectivity index is 1.41. The van der Waals surface area contributed by atoms with Crippen molar-refractivity contribution in [1.82, 2.24) is 4.90 Å². The van der Waals surface area contributed by atoms with E-state index in [4.69, 9.17) is 9.47 Å². The molecule has 4 rings (SSSR count). The first-order chi connectivity index (χ1) is 20.2. The zero-order valence-corrected chi connectivity index (χ0v) is 25.2. The normalized spacial score (nSPS) is 15.0. The molecule has 1 fully saturated rings. The van der Waals surface area contributed by atoms with E-state index >= 15 is 0 Å². The van der Waals surface area contributed by atoms with Crippen LogP contribution in [0.15, 0.2) is 78.9 Å². The molecule has 1 N–H and O–H groups in total. The quantitative estimate of drug-likeness (QED) is 0.297. The van der Waals surface area contributed by atoms with E-state index in [1.165, 1.54) is 11.4 Å². The van der Waals surface area contributed by atoms with E-state index < -0.39 is 16.0 Å². The van der Waals surface area contributed by atoms with Crippen LogP contribution in [0.5, 0.6) is 5.75 Å².